The number of esters is 1. The topological polar surface area (TPSA) is 68.3 Å². The maximum atomic E-state index is 12.4. The monoisotopic (exact) mass is 378 g/mol. The summed E-state index contributed by atoms with van der Waals surface area (Å²) in [4.78, 5) is 28.3. The Balaban J connectivity index is 1.87. The van der Waals surface area contributed by atoms with Crippen LogP contribution in [0, 0.1) is 0 Å². The molecule has 0 bridgehead atoms. The summed E-state index contributed by atoms with van der Waals surface area (Å²) in [5.74, 6) is -0.282. The van der Waals surface area contributed by atoms with Gasteiger partial charge in [-0.05, 0) is 18.9 Å². The number of rotatable bonds is 9. The number of carbonyl (C=O) groups is 2. The van der Waals surface area contributed by atoms with E-state index in [4.69, 9.17) is 4.74 Å². The lowest BCUT2D eigenvalue weighted by molar-refractivity contribution is -0.142. The largest absolute Gasteiger partial charge is 0.466 e. The van der Waals surface area contributed by atoms with Gasteiger partial charge in [0.2, 0.25) is 5.91 Å². The van der Waals surface area contributed by atoms with E-state index in [0.717, 1.165) is 9.90 Å². The Morgan fingerprint density at radius 2 is 2.04 bits per heavy atom. The first-order valence-corrected chi connectivity index (χ1v) is 9.96. The van der Waals surface area contributed by atoms with E-state index in [1.165, 1.54) is 23.1 Å². The summed E-state index contributed by atoms with van der Waals surface area (Å²) in [7, 11) is 0. The number of hydrogen-bond acceptors (Lipinski definition) is 6. The molecule has 0 fully saturated rings. The highest BCUT2D eigenvalue weighted by molar-refractivity contribution is 8.02. The molecule has 2 rings (SSSR count). The second-order valence-electron chi connectivity index (χ2n) is 5.30. The first-order valence-electron chi connectivity index (χ1n) is 8.20. The van der Waals surface area contributed by atoms with E-state index in [1.807, 2.05) is 42.6 Å². The lowest BCUT2D eigenvalue weighted by Gasteiger charge is -2.13. The highest BCUT2D eigenvalue weighted by Crippen LogP contribution is 2.29. The number of thioether (sulfide) groups is 1. The molecule has 0 spiro atoms. The fourth-order valence-corrected chi connectivity index (χ4v) is 4.15. The summed E-state index contributed by atoms with van der Waals surface area (Å²) in [6, 6.07) is 9.82. The average molecular weight is 379 g/mol. The number of amides is 1. The summed E-state index contributed by atoms with van der Waals surface area (Å²) in [5, 5.41) is 4.61. The van der Waals surface area contributed by atoms with Gasteiger partial charge in [0.15, 0.2) is 4.34 Å². The molecule has 1 heterocycles. The second-order valence-corrected chi connectivity index (χ2v) is 7.61. The fourth-order valence-electron chi connectivity index (χ4n) is 2.13. The third-order valence-corrected chi connectivity index (χ3v) is 5.76. The van der Waals surface area contributed by atoms with Gasteiger partial charge in [0, 0.05) is 11.9 Å². The molecule has 1 amide bonds. The van der Waals surface area contributed by atoms with Crippen molar-refractivity contribution in [1.29, 1.82) is 0 Å². The number of nitrogens with one attached hydrogen (secondary N) is 1. The van der Waals surface area contributed by atoms with Gasteiger partial charge in [-0.25, -0.2) is 4.98 Å². The van der Waals surface area contributed by atoms with Crippen molar-refractivity contribution in [3.63, 3.8) is 0 Å². The van der Waals surface area contributed by atoms with E-state index in [1.54, 1.807) is 6.92 Å². The maximum absolute atomic E-state index is 12.4. The normalized spacial score (nSPS) is 11.8. The van der Waals surface area contributed by atoms with Gasteiger partial charge >= 0.3 is 5.97 Å². The zero-order chi connectivity index (χ0) is 18.1. The van der Waals surface area contributed by atoms with E-state index in [-0.39, 0.29) is 23.5 Å². The second kappa shape index (κ2) is 10.2. The molecule has 0 aliphatic carbocycles. The van der Waals surface area contributed by atoms with Crippen LogP contribution in [0.5, 0.6) is 0 Å². The molecule has 134 valence electrons. The van der Waals surface area contributed by atoms with Crippen molar-refractivity contribution in [3.05, 3.63) is 47.0 Å². The molecule has 7 heteroatoms. The molecule has 0 aliphatic rings. The fraction of sp³-hybridized carbons (Fsp3) is 0.389. The number of aromatic nitrogens is 1. The van der Waals surface area contributed by atoms with Crippen LogP contribution in [0.2, 0.25) is 0 Å². The Bertz CT molecular complexity index is 689. The van der Waals surface area contributed by atoms with Crippen molar-refractivity contribution >= 4 is 35.0 Å². The molecule has 2 aromatic rings. The number of hydrogen-bond donors (Lipinski definition) is 1. The smallest absolute Gasteiger partial charge is 0.311 e. The summed E-state index contributed by atoms with van der Waals surface area (Å²) >= 11 is 2.89. The molecule has 1 aromatic carbocycles. The molecule has 25 heavy (non-hydrogen) atoms. The van der Waals surface area contributed by atoms with Gasteiger partial charge in [0.1, 0.15) is 0 Å². The van der Waals surface area contributed by atoms with Crippen LogP contribution in [0.15, 0.2) is 40.1 Å². The third kappa shape index (κ3) is 6.51. The number of benzene rings is 1. The van der Waals surface area contributed by atoms with Crippen LogP contribution in [0.1, 0.15) is 31.5 Å². The van der Waals surface area contributed by atoms with E-state index in [0.29, 0.717) is 25.3 Å². The molecule has 1 unspecified atom stereocenters. The van der Waals surface area contributed by atoms with Crippen molar-refractivity contribution in [3.8, 4) is 0 Å². The minimum absolute atomic E-state index is 0.00139. The third-order valence-electron chi connectivity index (χ3n) is 3.38. The van der Waals surface area contributed by atoms with Crippen molar-refractivity contribution in [2.75, 3.05) is 6.61 Å². The standard InChI is InChI=1S/C18H22N2O3S2/c1-3-15(17(22)19-11-13-8-6-5-7-9-13)25-18-20-14(12-24-18)10-16(21)23-4-2/h5-9,12,15H,3-4,10-11H2,1-2H3,(H,19,22). The van der Waals surface area contributed by atoms with E-state index >= 15 is 0 Å². The molecule has 0 radical (unpaired) electrons. The van der Waals surface area contributed by atoms with E-state index in [9.17, 15) is 9.59 Å². The van der Waals surface area contributed by atoms with Crippen LogP contribution in [0.4, 0.5) is 0 Å². The van der Waals surface area contributed by atoms with Gasteiger partial charge in [-0.1, -0.05) is 49.0 Å². The zero-order valence-electron chi connectivity index (χ0n) is 14.4. The van der Waals surface area contributed by atoms with E-state index in [2.05, 4.69) is 10.3 Å². The van der Waals surface area contributed by atoms with Gasteiger partial charge in [-0.15, -0.1) is 11.3 Å². The average Bonchev–Trinajstić information content (AvgIpc) is 3.05. The van der Waals surface area contributed by atoms with Crippen LogP contribution in [0.25, 0.3) is 0 Å². The highest BCUT2D eigenvalue weighted by Gasteiger charge is 2.20. The number of ether oxygens (including phenoxy) is 1. The molecular formula is C18H22N2O3S2. The SMILES string of the molecule is CCOC(=O)Cc1csc(SC(CC)C(=O)NCc2ccccc2)n1. The molecule has 1 atom stereocenters. The highest BCUT2D eigenvalue weighted by atomic mass is 32.2. The van der Waals surface area contributed by atoms with Crippen LogP contribution in [0.3, 0.4) is 0 Å². The van der Waals surface area contributed by atoms with Crippen molar-refractivity contribution in [2.45, 2.75) is 42.8 Å². The Kier molecular flexibility index (Phi) is 7.94. The maximum Gasteiger partial charge on any atom is 0.311 e. The lowest BCUT2D eigenvalue weighted by Crippen LogP contribution is -2.31. The van der Waals surface area contributed by atoms with Crippen LogP contribution in [-0.2, 0) is 27.3 Å². The quantitative estimate of drug-likeness (QED) is 0.535. The number of nitrogens with zero attached hydrogens (tertiary/aromatic N) is 1. The minimum atomic E-state index is -0.281. The molecular weight excluding hydrogens is 356 g/mol. The van der Waals surface area contributed by atoms with Crippen LogP contribution >= 0.6 is 23.1 Å². The summed E-state index contributed by atoms with van der Waals surface area (Å²) in [5.41, 5.74) is 1.76. The Morgan fingerprint density at radius 3 is 2.72 bits per heavy atom. The van der Waals surface area contributed by atoms with Gasteiger partial charge < -0.3 is 10.1 Å². The first kappa shape index (κ1) is 19.5. The Hall–Kier alpha value is -1.86. The number of thiazole rings is 1. The zero-order valence-corrected chi connectivity index (χ0v) is 16.0. The van der Waals surface area contributed by atoms with Gasteiger partial charge in [0.05, 0.1) is 24.0 Å². The summed E-state index contributed by atoms with van der Waals surface area (Å²) in [6.45, 7) is 4.64. The van der Waals surface area contributed by atoms with Crippen LogP contribution in [-0.4, -0.2) is 28.7 Å². The summed E-state index contributed by atoms with van der Waals surface area (Å²) in [6.07, 6.45) is 0.875. The number of carbonyl (C=O) groups excluding carboxylic acids is 2. The lowest BCUT2D eigenvalue weighted by atomic mass is 10.2. The predicted octanol–water partition coefficient (Wildman–Crippen LogP) is 3.44. The molecule has 0 saturated heterocycles. The molecule has 0 saturated carbocycles. The van der Waals surface area contributed by atoms with Crippen molar-refractivity contribution in [1.82, 2.24) is 10.3 Å². The van der Waals surface area contributed by atoms with Gasteiger partial charge in [0.25, 0.3) is 0 Å². The van der Waals surface area contributed by atoms with E-state index < -0.39 is 0 Å². The molecule has 1 aromatic heterocycles. The van der Waals surface area contributed by atoms with Crippen molar-refractivity contribution in [2.24, 2.45) is 0 Å². The molecule has 5 nitrogen and oxygen atoms in total. The predicted molar refractivity (Wildman–Crippen MR) is 101 cm³/mol. The van der Waals surface area contributed by atoms with Gasteiger partial charge in [-0.2, -0.15) is 0 Å². The minimum Gasteiger partial charge on any atom is -0.466 e. The van der Waals surface area contributed by atoms with Crippen molar-refractivity contribution < 1.29 is 14.3 Å². The molecule has 0 aliphatic heterocycles. The Labute approximate surface area is 156 Å². The Morgan fingerprint density at radius 1 is 1.28 bits per heavy atom. The summed E-state index contributed by atoms with van der Waals surface area (Å²) < 4.78 is 5.72. The van der Waals surface area contributed by atoms with Gasteiger partial charge in [-0.3, -0.25) is 9.59 Å². The van der Waals surface area contributed by atoms with Crippen LogP contribution < -0.4 is 5.32 Å². The molecule has 1 N–H and O–H groups in total. The first-order chi connectivity index (χ1) is 12.1.